The maximum absolute atomic E-state index is 14.0. The van der Waals surface area contributed by atoms with E-state index in [1.54, 1.807) is 36.4 Å². The third-order valence-electron chi connectivity index (χ3n) is 6.13. The number of sulfone groups is 2. The van der Waals surface area contributed by atoms with Gasteiger partial charge in [0.25, 0.3) is 0 Å². The van der Waals surface area contributed by atoms with Crippen molar-refractivity contribution in [3.8, 4) is 0 Å². The molecule has 160 valence electrons. The van der Waals surface area contributed by atoms with Crippen molar-refractivity contribution in [2.75, 3.05) is 7.11 Å². The second-order valence-corrected chi connectivity index (χ2v) is 12.2. The molecule has 1 saturated carbocycles. The fourth-order valence-corrected chi connectivity index (χ4v) is 10.4. The minimum Gasteiger partial charge on any atom is -0.433 e. The van der Waals surface area contributed by atoms with Gasteiger partial charge in [0.05, 0.1) is 22.1 Å². The zero-order chi connectivity index (χ0) is 21.6. The first kappa shape index (κ1) is 21.0. The number of hydrogen-bond donors (Lipinski definition) is 0. The summed E-state index contributed by atoms with van der Waals surface area (Å²) in [6.07, 6.45) is -0.0775. The minimum absolute atomic E-state index is 0.115. The van der Waals surface area contributed by atoms with E-state index in [9.17, 15) is 21.6 Å². The summed E-state index contributed by atoms with van der Waals surface area (Å²) in [6.45, 7) is 0. The van der Waals surface area contributed by atoms with Crippen LogP contribution in [0.2, 0.25) is 0 Å². The number of carbonyl (C=O) groups excluding carboxylic acids is 1. The van der Waals surface area contributed by atoms with Crippen LogP contribution in [0.5, 0.6) is 0 Å². The van der Waals surface area contributed by atoms with Crippen LogP contribution >= 0.6 is 0 Å². The van der Waals surface area contributed by atoms with Crippen molar-refractivity contribution in [1.29, 1.82) is 0 Å². The van der Waals surface area contributed by atoms with E-state index in [-0.39, 0.29) is 35.5 Å². The van der Waals surface area contributed by atoms with E-state index in [0.29, 0.717) is 0 Å². The van der Waals surface area contributed by atoms with Gasteiger partial charge in [-0.25, -0.2) is 16.8 Å². The smallest absolute Gasteiger partial charge is 0.308 e. The Bertz CT molecular complexity index is 1090. The van der Waals surface area contributed by atoms with Gasteiger partial charge in [-0.2, -0.15) is 0 Å². The van der Waals surface area contributed by atoms with Gasteiger partial charge in [-0.15, -0.1) is 0 Å². The lowest BCUT2D eigenvalue weighted by Gasteiger charge is -2.47. The molecule has 2 aromatic rings. The molecule has 0 N–H and O–H groups in total. The fourth-order valence-electron chi connectivity index (χ4n) is 4.77. The Balaban J connectivity index is 2.06. The van der Waals surface area contributed by atoms with Crippen LogP contribution in [0.25, 0.3) is 0 Å². The Labute approximate surface area is 175 Å². The van der Waals surface area contributed by atoms with Crippen molar-refractivity contribution < 1.29 is 31.1 Å². The number of carbonyl (C=O) groups is 1. The number of hydrogen-bond acceptors (Lipinski definition) is 7. The number of rotatable bonds is 5. The Morgan fingerprint density at radius 2 is 1.37 bits per heavy atom. The Morgan fingerprint density at radius 1 is 0.867 bits per heavy atom. The van der Waals surface area contributed by atoms with Crippen LogP contribution in [0.3, 0.4) is 0 Å². The number of benzene rings is 2. The summed E-state index contributed by atoms with van der Waals surface area (Å²) in [5, 5.41) is 0. The highest BCUT2D eigenvalue weighted by Gasteiger charge is 2.72. The van der Waals surface area contributed by atoms with E-state index in [0.717, 1.165) is 0 Å². The van der Waals surface area contributed by atoms with Gasteiger partial charge in [-0.3, -0.25) is 4.79 Å². The van der Waals surface area contributed by atoms with Gasteiger partial charge in [-0.1, -0.05) is 36.4 Å². The van der Waals surface area contributed by atoms with Crippen LogP contribution in [0.1, 0.15) is 25.7 Å². The zero-order valence-electron chi connectivity index (χ0n) is 16.4. The molecular weight excluding hydrogens is 428 g/mol. The largest absolute Gasteiger partial charge is 0.433 e. The summed E-state index contributed by atoms with van der Waals surface area (Å²) in [5.74, 6) is -3.47. The number of fused-ring (bicyclic) bond motifs is 1. The van der Waals surface area contributed by atoms with Gasteiger partial charge in [-0.05, 0) is 37.1 Å². The highest BCUT2D eigenvalue weighted by atomic mass is 32.3. The second kappa shape index (κ2) is 7.18. The fraction of sp³-hybridized carbons (Fsp3) is 0.381. The van der Waals surface area contributed by atoms with Crippen LogP contribution in [0.4, 0.5) is 0 Å². The molecular formula is C21H22O7S2. The van der Waals surface area contributed by atoms with E-state index in [4.69, 9.17) is 9.47 Å². The molecule has 2 aromatic carbocycles. The molecule has 2 fully saturated rings. The van der Waals surface area contributed by atoms with E-state index in [1.807, 2.05) is 0 Å². The molecule has 7 nitrogen and oxygen atoms in total. The molecule has 0 spiro atoms. The molecule has 9 heteroatoms. The average molecular weight is 451 g/mol. The molecule has 1 aliphatic carbocycles. The van der Waals surface area contributed by atoms with Crippen molar-refractivity contribution >= 4 is 25.6 Å². The lowest BCUT2D eigenvalue weighted by molar-refractivity contribution is -0.228. The molecule has 30 heavy (non-hydrogen) atoms. The topological polar surface area (TPSA) is 104 Å². The summed E-state index contributed by atoms with van der Waals surface area (Å²) in [5.41, 5.74) is 0. The molecule has 2 aliphatic rings. The molecule has 4 rings (SSSR count). The second-order valence-electron chi connectivity index (χ2n) is 7.55. The average Bonchev–Trinajstić information content (AvgIpc) is 3.11. The highest BCUT2D eigenvalue weighted by molar-refractivity contribution is 8.10. The summed E-state index contributed by atoms with van der Waals surface area (Å²) in [7, 11) is -7.60. The van der Waals surface area contributed by atoms with Gasteiger partial charge in [0.1, 0.15) is 0 Å². The third-order valence-corrected chi connectivity index (χ3v) is 12.0. The standard InChI is InChI=1S/C21H22O7S2/c1-27-20-13-8-14-21(18(20)15-19(22)28-20,29(23,24)16-9-4-2-5-10-16)30(25,26)17-11-6-3-7-12-17/h2-7,9-12,18H,8,13-15H2,1H3/t18-,20-/m0/s1. The number of esters is 1. The van der Waals surface area contributed by atoms with Crippen molar-refractivity contribution in [3.63, 3.8) is 0 Å². The van der Waals surface area contributed by atoms with E-state index in [1.165, 1.54) is 31.4 Å². The number of methoxy groups -OCH3 is 1. The Morgan fingerprint density at radius 3 is 1.83 bits per heavy atom. The van der Waals surface area contributed by atoms with Crippen molar-refractivity contribution in [2.24, 2.45) is 5.92 Å². The lowest BCUT2D eigenvalue weighted by atomic mass is 9.82. The first-order valence-electron chi connectivity index (χ1n) is 9.58. The molecule has 1 saturated heterocycles. The molecule has 0 radical (unpaired) electrons. The van der Waals surface area contributed by atoms with E-state index in [2.05, 4.69) is 0 Å². The molecule has 2 atom stereocenters. The van der Waals surface area contributed by atoms with Crippen LogP contribution in [0, 0.1) is 5.92 Å². The summed E-state index contributed by atoms with van der Waals surface area (Å²) >= 11 is 0. The van der Waals surface area contributed by atoms with Crippen LogP contribution in [0.15, 0.2) is 70.5 Å². The minimum atomic E-state index is -4.46. The lowest BCUT2D eigenvalue weighted by Crippen LogP contribution is -2.61. The maximum atomic E-state index is 14.0. The number of ether oxygens (including phenoxy) is 2. The molecule has 1 heterocycles. The van der Waals surface area contributed by atoms with Gasteiger partial charge in [0.15, 0.2) is 23.8 Å². The Hall–Kier alpha value is -2.23. The summed E-state index contributed by atoms with van der Waals surface area (Å²) in [6, 6.07) is 15.0. The first-order valence-corrected chi connectivity index (χ1v) is 12.5. The first-order chi connectivity index (χ1) is 14.2. The van der Waals surface area contributed by atoms with Gasteiger partial charge in [0, 0.05) is 13.5 Å². The van der Waals surface area contributed by atoms with Crippen LogP contribution < -0.4 is 0 Å². The molecule has 0 aromatic heterocycles. The van der Waals surface area contributed by atoms with E-state index < -0.39 is 41.4 Å². The van der Waals surface area contributed by atoms with Crippen molar-refractivity contribution in [3.05, 3.63) is 60.7 Å². The predicted molar refractivity (Wildman–Crippen MR) is 108 cm³/mol. The van der Waals surface area contributed by atoms with Gasteiger partial charge in [0.2, 0.25) is 5.79 Å². The summed E-state index contributed by atoms with van der Waals surface area (Å²) in [4.78, 5) is 12.1. The molecule has 1 aliphatic heterocycles. The van der Waals surface area contributed by atoms with Gasteiger partial charge < -0.3 is 9.47 Å². The molecule has 0 unspecified atom stereocenters. The van der Waals surface area contributed by atoms with E-state index >= 15 is 0 Å². The zero-order valence-corrected chi connectivity index (χ0v) is 18.0. The van der Waals surface area contributed by atoms with Crippen LogP contribution in [-0.2, 0) is 33.9 Å². The predicted octanol–water partition coefficient (Wildman–Crippen LogP) is 2.72. The Kier molecular flexibility index (Phi) is 5.03. The molecule has 0 bridgehead atoms. The quantitative estimate of drug-likeness (QED) is 0.645. The maximum Gasteiger partial charge on any atom is 0.308 e. The normalized spacial score (nSPS) is 26.0. The third kappa shape index (κ3) is 2.75. The highest BCUT2D eigenvalue weighted by Crippen LogP contribution is 2.57. The van der Waals surface area contributed by atoms with Crippen molar-refractivity contribution in [2.45, 2.75) is 45.3 Å². The van der Waals surface area contributed by atoms with Crippen molar-refractivity contribution in [1.82, 2.24) is 0 Å². The van der Waals surface area contributed by atoms with Gasteiger partial charge >= 0.3 is 5.97 Å². The summed E-state index contributed by atoms with van der Waals surface area (Å²) < 4.78 is 64.8. The monoisotopic (exact) mass is 450 g/mol. The molecule has 0 amide bonds. The SMILES string of the molecule is CO[C@]12CCCC(S(=O)(=O)c3ccccc3)(S(=O)(=O)c3ccccc3)[C@H]1CC(=O)O2. The van der Waals surface area contributed by atoms with Crippen LogP contribution in [-0.4, -0.2) is 39.8 Å².